The average molecular weight is 352 g/mol. The van der Waals surface area contributed by atoms with Gasteiger partial charge in [0.25, 0.3) is 5.91 Å². The molecule has 6 heteroatoms. The minimum Gasteiger partial charge on any atom is -0.338 e. The van der Waals surface area contributed by atoms with Crippen LogP contribution in [0.1, 0.15) is 42.1 Å². The van der Waals surface area contributed by atoms with Gasteiger partial charge in [0.2, 0.25) is 5.91 Å². The molecule has 2 saturated heterocycles. The Labute approximate surface area is 149 Å². The number of carbonyl (C=O) groups excluding carboxylic acids is 2. The highest BCUT2D eigenvalue weighted by Gasteiger charge is 2.32. The van der Waals surface area contributed by atoms with Crippen LogP contribution in [0.2, 0.25) is 0 Å². The molecular formula is C18H26ClN3O2. The van der Waals surface area contributed by atoms with E-state index in [-0.39, 0.29) is 30.3 Å². The van der Waals surface area contributed by atoms with Gasteiger partial charge < -0.3 is 15.5 Å². The molecule has 0 radical (unpaired) electrons. The molecule has 0 spiro atoms. The molecule has 2 heterocycles. The van der Waals surface area contributed by atoms with Crippen LogP contribution >= 0.6 is 12.4 Å². The standard InChI is InChI=1S/C18H25N3O2.ClH/c1-13-8-15(10-19)12-21(13)18(23)16-5-2-4-14(9-16)11-20-7-3-6-17(20)22;/h2,4-5,9,13,15H,3,6-8,10-12,19H2,1H3;1H. The fourth-order valence-electron chi connectivity index (χ4n) is 3.66. The lowest BCUT2D eigenvalue weighted by Crippen LogP contribution is -2.34. The summed E-state index contributed by atoms with van der Waals surface area (Å²) in [6.45, 7) is 4.87. The van der Waals surface area contributed by atoms with Crippen LogP contribution < -0.4 is 5.73 Å². The lowest BCUT2D eigenvalue weighted by molar-refractivity contribution is -0.128. The normalized spacial score (nSPS) is 23.5. The van der Waals surface area contributed by atoms with Crippen molar-refractivity contribution >= 4 is 24.2 Å². The van der Waals surface area contributed by atoms with Gasteiger partial charge in [-0.3, -0.25) is 9.59 Å². The molecule has 2 fully saturated rings. The monoisotopic (exact) mass is 351 g/mol. The highest BCUT2D eigenvalue weighted by Crippen LogP contribution is 2.24. The Morgan fingerprint density at radius 2 is 2.17 bits per heavy atom. The van der Waals surface area contributed by atoms with Crippen molar-refractivity contribution in [1.29, 1.82) is 0 Å². The summed E-state index contributed by atoms with van der Waals surface area (Å²) >= 11 is 0. The Morgan fingerprint density at radius 3 is 2.79 bits per heavy atom. The van der Waals surface area contributed by atoms with Crippen molar-refractivity contribution in [3.05, 3.63) is 35.4 Å². The van der Waals surface area contributed by atoms with Crippen molar-refractivity contribution < 1.29 is 9.59 Å². The highest BCUT2D eigenvalue weighted by molar-refractivity contribution is 5.94. The van der Waals surface area contributed by atoms with E-state index in [4.69, 9.17) is 5.73 Å². The van der Waals surface area contributed by atoms with Gasteiger partial charge in [-0.1, -0.05) is 12.1 Å². The predicted molar refractivity (Wildman–Crippen MR) is 96.0 cm³/mol. The maximum Gasteiger partial charge on any atom is 0.254 e. The average Bonchev–Trinajstić information content (AvgIpc) is 3.13. The summed E-state index contributed by atoms with van der Waals surface area (Å²) in [7, 11) is 0. The molecule has 0 saturated carbocycles. The molecule has 1 aromatic carbocycles. The first-order valence-electron chi connectivity index (χ1n) is 8.46. The van der Waals surface area contributed by atoms with Crippen molar-refractivity contribution in [1.82, 2.24) is 9.80 Å². The Balaban J connectivity index is 0.00000208. The first kappa shape index (κ1) is 18.7. The highest BCUT2D eigenvalue weighted by atomic mass is 35.5. The van der Waals surface area contributed by atoms with E-state index in [9.17, 15) is 9.59 Å². The van der Waals surface area contributed by atoms with Gasteiger partial charge in [0.15, 0.2) is 0 Å². The van der Waals surface area contributed by atoms with Gasteiger partial charge in [-0.25, -0.2) is 0 Å². The minimum atomic E-state index is 0. The molecule has 2 amide bonds. The number of likely N-dealkylation sites (tertiary alicyclic amines) is 2. The fraction of sp³-hybridized carbons (Fsp3) is 0.556. The third-order valence-corrected chi connectivity index (χ3v) is 4.97. The summed E-state index contributed by atoms with van der Waals surface area (Å²) in [5.74, 6) is 0.683. The van der Waals surface area contributed by atoms with E-state index in [0.717, 1.165) is 31.5 Å². The fourth-order valence-corrected chi connectivity index (χ4v) is 3.66. The summed E-state index contributed by atoms with van der Waals surface area (Å²) in [6.07, 6.45) is 2.55. The third kappa shape index (κ3) is 3.90. The smallest absolute Gasteiger partial charge is 0.254 e. The van der Waals surface area contributed by atoms with E-state index in [1.807, 2.05) is 34.1 Å². The number of nitrogens with zero attached hydrogens (tertiary/aromatic N) is 2. The molecule has 2 aliphatic heterocycles. The van der Waals surface area contributed by atoms with Crippen LogP contribution in [-0.2, 0) is 11.3 Å². The molecule has 0 aromatic heterocycles. The Morgan fingerprint density at radius 1 is 1.38 bits per heavy atom. The number of carbonyl (C=O) groups is 2. The number of amides is 2. The van der Waals surface area contributed by atoms with Crippen molar-refractivity contribution in [3.63, 3.8) is 0 Å². The number of halogens is 1. The quantitative estimate of drug-likeness (QED) is 0.902. The predicted octanol–water partition coefficient (Wildman–Crippen LogP) is 2.04. The molecule has 2 atom stereocenters. The Bertz CT molecular complexity index is 608. The zero-order chi connectivity index (χ0) is 16.4. The molecule has 2 aliphatic rings. The summed E-state index contributed by atoms with van der Waals surface area (Å²) in [4.78, 5) is 28.3. The topological polar surface area (TPSA) is 66.6 Å². The van der Waals surface area contributed by atoms with Crippen LogP contribution in [0, 0.1) is 5.92 Å². The summed E-state index contributed by atoms with van der Waals surface area (Å²) in [5.41, 5.74) is 7.48. The molecule has 2 N–H and O–H groups in total. The lowest BCUT2D eigenvalue weighted by atomic mass is 10.1. The summed E-state index contributed by atoms with van der Waals surface area (Å²) in [6, 6.07) is 7.92. The molecule has 24 heavy (non-hydrogen) atoms. The zero-order valence-electron chi connectivity index (χ0n) is 14.1. The van der Waals surface area contributed by atoms with E-state index < -0.39 is 0 Å². The van der Waals surface area contributed by atoms with Crippen LogP contribution in [0.3, 0.4) is 0 Å². The second-order valence-electron chi connectivity index (χ2n) is 6.76. The Hall–Kier alpha value is -1.59. The summed E-state index contributed by atoms with van der Waals surface area (Å²) < 4.78 is 0. The summed E-state index contributed by atoms with van der Waals surface area (Å²) in [5, 5.41) is 0. The second kappa shape index (κ2) is 7.99. The third-order valence-electron chi connectivity index (χ3n) is 4.97. The van der Waals surface area contributed by atoms with Gasteiger partial charge in [0.1, 0.15) is 0 Å². The molecular weight excluding hydrogens is 326 g/mol. The zero-order valence-corrected chi connectivity index (χ0v) is 14.9. The van der Waals surface area contributed by atoms with Crippen LogP contribution in [-0.4, -0.2) is 47.3 Å². The van der Waals surface area contributed by atoms with Crippen molar-refractivity contribution in [2.24, 2.45) is 11.7 Å². The molecule has 2 unspecified atom stereocenters. The molecule has 1 aromatic rings. The number of benzene rings is 1. The minimum absolute atomic E-state index is 0. The van der Waals surface area contributed by atoms with E-state index in [0.29, 0.717) is 31.0 Å². The largest absolute Gasteiger partial charge is 0.338 e. The van der Waals surface area contributed by atoms with E-state index in [1.54, 1.807) is 0 Å². The van der Waals surface area contributed by atoms with Crippen molar-refractivity contribution in [3.8, 4) is 0 Å². The van der Waals surface area contributed by atoms with Crippen LogP contribution in [0.15, 0.2) is 24.3 Å². The molecule has 0 bridgehead atoms. The van der Waals surface area contributed by atoms with Crippen LogP contribution in [0.25, 0.3) is 0 Å². The molecule has 3 rings (SSSR count). The maximum atomic E-state index is 12.8. The van der Waals surface area contributed by atoms with E-state index in [1.165, 1.54) is 0 Å². The number of rotatable bonds is 4. The van der Waals surface area contributed by atoms with Gasteiger partial charge in [-0.15, -0.1) is 12.4 Å². The maximum absolute atomic E-state index is 12.8. The first-order chi connectivity index (χ1) is 11.1. The van der Waals surface area contributed by atoms with Gasteiger partial charge in [-0.05, 0) is 49.9 Å². The lowest BCUT2D eigenvalue weighted by Gasteiger charge is -2.22. The number of hydrogen-bond acceptors (Lipinski definition) is 3. The first-order valence-corrected chi connectivity index (χ1v) is 8.46. The number of nitrogens with two attached hydrogens (primary N) is 1. The SMILES string of the molecule is CC1CC(CN)CN1C(=O)c1cccc(CN2CCCC2=O)c1.Cl. The van der Waals surface area contributed by atoms with Crippen molar-refractivity contribution in [2.45, 2.75) is 38.8 Å². The van der Waals surface area contributed by atoms with Gasteiger partial charge >= 0.3 is 0 Å². The van der Waals surface area contributed by atoms with E-state index >= 15 is 0 Å². The van der Waals surface area contributed by atoms with Gasteiger partial charge in [-0.2, -0.15) is 0 Å². The van der Waals surface area contributed by atoms with E-state index in [2.05, 4.69) is 6.92 Å². The molecule has 0 aliphatic carbocycles. The number of hydrogen-bond donors (Lipinski definition) is 1. The van der Waals surface area contributed by atoms with Gasteiger partial charge in [0, 0.05) is 37.7 Å². The van der Waals surface area contributed by atoms with Crippen molar-refractivity contribution in [2.75, 3.05) is 19.6 Å². The molecule has 5 nitrogen and oxygen atoms in total. The molecule has 132 valence electrons. The Kier molecular flexibility index (Phi) is 6.24. The van der Waals surface area contributed by atoms with Crippen LogP contribution in [0.4, 0.5) is 0 Å². The van der Waals surface area contributed by atoms with Crippen LogP contribution in [0.5, 0.6) is 0 Å². The second-order valence-corrected chi connectivity index (χ2v) is 6.76. The van der Waals surface area contributed by atoms with Gasteiger partial charge in [0.05, 0.1) is 0 Å².